The summed E-state index contributed by atoms with van der Waals surface area (Å²) >= 11 is 6.18. The molecule has 0 radical (unpaired) electrons. The van der Waals surface area contributed by atoms with Gasteiger partial charge >= 0.3 is 0 Å². The molecule has 0 aliphatic heterocycles. The van der Waals surface area contributed by atoms with Crippen molar-refractivity contribution < 1.29 is 0 Å². The lowest BCUT2D eigenvalue weighted by molar-refractivity contribution is 0.443. The zero-order valence-electron chi connectivity index (χ0n) is 12.1. The molecule has 1 fully saturated rings. The van der Waals surface area contributed by atoms with Gasteiger partial charge in [-0.25, -0.2) is 0 Å². The highest BCUT2D eigenvalue weighted by atomic mass is 35.5. The van der Waals surface area contributed by atoms with E-state index in [9.17, 15) is 0 Å². The van der Waals surface area contributed by atoms with E-state index in [2.05, 4.69) is 42.1 Å². The van der Waals surface area contributed by atoms with Crippen molar-refractivity contribution >= 4 is 21.6 Å². The Hall–Kier alpha value is -0.580. The summed E-state index contributed by atoms with van der Waals surface area (Å²) in [5.41, 5.74) is 2.57. The van der Waals surface area contributed by atoms with Crippen LogP contribution in [0.2, 0.25) is 5.02 Å². The van der Waals surface area contributed by atoms with Gasteiger partial charge in [0.05, 0.1) is 0 Å². The highest BCUT2D eigenvalue weighted by Crippen LogP contribution is 2.36. The van der Waals surface area contributed by atoms with Crippen LogP contribution in [-0.2, 0) is 0 Å². The molecule has 0 atom stereocenters. The van der Waals surface area contributed by atoms with Crippen LogP contribution in [0.25, 0.3) is 0 Å². The van der Waals surface area contributed by atoms with Gasteiger partial charge in [0.15, 0.2) is 0 Å². The summed E-state index contributed by atoms with van der Waals surface area (Å²) in [4.78, 5) is 0. The molecular weight excluding hydrogens is 272 g/mol. The highest BCUT2D eigenvalue weighted by molar-refractivity contribution is 8.35. The molecule has 0 unspecified atom stereocenters. The Balaban J connectivity index is 2.34. The summed E-state index contributed by atoms with van der Waals surface area (Å²) < 4.78 is 0. The molecular formula is C17H23ClS. The molecule has 104 valence electrons. The quantitative estimate of drug-likeness (QED) is 0.609. The fourth-order valence-corrected chi connectivity index (χ4v) is 3.20. The van der Waals surface area contributed by atoms with E-state index in [0.29, 0.717) is 5.92 Å². The van der Waals surface area contributed by atoms with Crippen LogP contribution in [-0.4, -0.2) is 18.8 Å². The van der Waals surface area contributed by atoms with Gasteiger partial charge < -0.3 is 0 Å². The minimum absolute atomic E-state index is 0.659. The maximum atomic E-state index is 6.18. The molecule has 1 aliphatic carbocycles. The Morgan fingerprint density at radius 2 is 1.79 bits per heavy atom. The van der Waals surface area contributed by atoms with Crippen LogP contribution >= 0.6 is 21.6 Å². The first-order valence-electron chi connectivity index (χ1n) is 6.96. The standard InChI is InChI=1S/C17H23ClS/c1-19(2,3)12-11-15-9-10-16(18)13-17(15)14-7-5-4-6-8-14/h9-10,13-14H,4-8H2,1-3H3. The minimum Gasteiger partial charge on any atom is -0.186 e. The van der Waals surface area contributed by atoms with Crippen molar-refractivity contribution in [2.45, 2.75) is 38.0 Å². The van der Waals surface area contributed by atoms with Crippen LogP contribution in [0.1, 0.15) is 49.1 Å². The predicted molar refractivity (Wildman–Crippen MR) is 89.5 cm³/mol. The van der Waals surface area contributed by atoms with Gasteiger partial charge in [0.25, 0.3) is 0 Å². The van der Waals surface area contributed by atoms with E-state index in [-0.39, 0.29) is 0 Å². The number of rotatable bonds is 1. The van der Waals surface area contributed by atoms with Crippen LogP contribution in [0.4, 0.5) is 0 Å². The van der Waals surface area contributed by atoms with E-state index in [0.717, 1.165) is 5.02 Å². The van der Waals surface area contributed by atoms with Gasteiger partial charge in [-0.1, -0.05) is 36.8 Å². The van der Waals surface area contributed by atoms with E-state index >= 15 is 0 Å². The van der Waals surface area contributed by atoms with E-state index in [1.807, 2.05) is 6.07 Å². The highest BCUT2D eigenvalue weighted by Gasteiger charge is 2.18. The second-order valence-electron chi connectivity index (χ2n) is 6.13. The lowest BCUT2D eigenvalue weighted by Gasteiger charge is -2.23. The van der Waals surface area contributed by atoms with Crippen molar-refractivity contribution in [2.24, 2.45) is 0 Å². The average molecular weight is 295 g/mol. The van der Waals surface area contributed by atoms with Crippen LogP contribution in [0.15, 0.2) is 18.2 Å². The van der Waals surface area contributed by atoms with Gasteiger partial charge in [-0.3, -0.25) is 0 Å². The maximum absolute atomic E-state index is 6.18. The van der Waals surface area contributed by atoms with Gasteiger partial charge in [-0.15, -0.1) is 0 Å². The van der Waals surface area contributed by atoms with Crippen molar-refractivity contribution in [1.82, 2.24) is 0 Å². The van der Waals surface area contributed by atoms with E-state index in [1.54, 1.807) is 0 Å². The molecule has 2 rings (SSSR count). The third kappa shape index (κ3) is 4.48. The topological polar surface area (TPSA) is 0 Å². The van der Waals surface area contributed by atoms with Gasteiger partial charge in [0.2, 0.25) is 0 Å². The fourth-order valence-electron chi connectivity index (χ4n) is 2.61. The number of halogens is 1. The van der Waals surface area contributed by atoms with Crippen LogP contribution in [0.5, 0.6) is 0 Å². The number of hydrogen-bond donors (Lipinski definition) is 0. The number of hydrogen-bond acceptors (Lipinski definition) is 0. The second kappa shape index (κ2) is 6.25. The van der Waals surface area contributed by atoms with Gasteiger partial charge in [0, 0.05) is 10.6 Å². The molecule has 0 amide bonds. The number of benzene rings is 1. The molecule has 1 aromatic carbocycles. The Morgan fingerprint density at radius 3 is 2.42 bits per heavy atom. The largest absolute Gasteiger partial charge is 0.186 e. The molecule has 1 aromatic rings. The first-order chi connectivity index (χ1) is 8.96. The van der Waals surface area contributed by atoms with Gasteiger partial charge in [-0.2, -0.15) is 10.0 Å². The van der Waals surface area contributed by atoms with E-state index in [1.165, 1.54) is 43.2 Å². The van der Waals surface area contributed by atoms with E-state index in [4.69, 9.17) is 11.6 Å². The third-order valence-corrected chi connectivity index (χ3v) is 4.50. The summed E-state index contributed by atoms with van der Waals surface area (Å²) in [6, 6.07) is 6.21. The van der Waals surface area contributed by atoms with Crippen molar-refractivity contribution in [1.29, 1.82) is 0 Å². The molecule has 2 heteroatoms. The molecule has 0 bridgehead atoms. The molecule has 1 saturated carbocycles. The molecule has 0 nitrogen and oxygen atoms in total. The minimum atomic E-state index is -0.774. The summed E-state index contributed by atoms with van der Waals surface area (Å²) in [7, 11) is -0.774. The molecule has 0 spiro atoms. The molecule has 0 aromatic heterocycles. The Bertz CT molecular complexity index is 496. The van der Waals surface area contributed by atoms with Crippen molar-refractivity contribution in [3.8, 4) is 11.2 Å². The lowest BCUT2D eigenvalue weighted by atomic mass is 9.82. The lowest BCUT2D eigenvalue weighted by Crippen LogP contribution is -2.06. The first kappa shape index (κ1) is 14.8. The Labute approximate surface area is 124 Å². The SMILES string of the molecule is CS(C)(C)C#Cc1ccc(Cl)cc1C1CCCCC1. The van der Waals surface area contributed by atoms with Crippen molar-refractivity contribution in [3.05, 3.63) is 34.3 Å². The zero-order chi connectivity index (χ0) is 13.9. The summed E-state index contributed by atoms with van der Waals surface area (Å²) in [6.45, 7) is 0. The second-order valence-corrected chi connectivity index (χ2v) is 10.4. The molecule has 0 saturated heterocycles. The monoisotopic (exact) mass is 294 g/mol. The zero-order valence-corrected chi connectivity index (χ0v) is 13.7. The predicted octanol–water partition coefficient (Wildman–Crippen LogP) is 5.39. The normalized spacial score (nSPS) is 17.7. The van der Waals surface area contributed by atoms with Crippen molar-refractivity contribution in [2.75, 3.05) is 18.8 Å². The van der Waals surface area contributed by atoms with Crippen molar-refractivity contribution in [3.63, 3.8) is 0 Å². The smallest absolute Gasteiger partial charge is 0.0409 e. The van der Waals surface area contributed by atoms with Gasteiger partial charge in [-0.05, 0) is 66.5 Å². The molecule has 0 heterocycles. The summed E-state index contributed by atoms with van der Waals surface area (Å²) in [6.07, 6.45) is 13.3. The third-order valence-electron chi connectivity index (χ3n) is 3.55. The van der Waals surface area contributed by atoms with Crippen LogP contribution < -0.4 is 0 Å². The summed E-state index contributed by atoms with van der Waals surface area (Å²) in [5, 5.41) is 4.27. The average Bonchev–Trinajstić information content (AvgIpc) is 2.37. The summed E-state index contributed by atoms with van der Waals surface area (Å²) in [5.74, 6) is 4.07. The van der Waals surface area contributed by atoms with Gasteiger partial charge in [0.1, 0.15) is 0 Å². The van der Waals surface area contributed by atoms with E-state index < -0.39 is 10.0 Å². The molecule has 1 aliphatic rings. The van der Waals surface area contributed by atoms with Crippen LogP contribution in [0.3, 0.4) is 0 Å². The Kier molecular flexibility index (Phi) is 4.87. The van der Waals surface area contributed by atoms with Crippen LogP contribution in [0, 0.1) is 11.2 Å². The first-order valence-corrected chi connectivity index (χ1v) is 10.2. The molecule has 19 heavy (non-hydrogen) atoms. The Morgan fingerprint density at radius 1 is 1.11 bits per heavy atom. The maximum Gasteiger partial charge on any atom is 0.0409 e. The fraction of sp³-hybridized carbons (Fsp3) is 0.529. The molecule has 0 N–H and O–H groups in total.